The minimum absolute atomic E-state index is 0.387. The number of aryl methyl sites for hydroxylation is 1. The summed E-state index contributed by atoms with van der Waals surface area (Å²) < 4.78 is 5.33. The Labute approximate surface area is 79.7 Å². The first-order valence-corrected chi connectivity index (χ1v) is 4.90. The molecular formula is C12H16O. The molecule has 0 N–H and O–H groups in total. The third kappa shape index (κ3) is 1.75. The predicted molar refractivity (Wildman–Crippen MR) is 54.0 cm³/mol. The number of hydrogen-bond donors (Lipinski definition) is 0. The van der Waals surface area contributed by atoms with Crippen LogP contribution in [-0.4, -0.2) is 6.61 Å². The average molecular weight is 176 g/mol. The van der Waals surface area contributed by atoms with Gasteiger partial charge in [0.1, 0.15) is 6.10 Å². The van der Waals surface area contributed by atoms with E-state index >= 15 is 0 Å². The summed E-state index contributed by atoms with van der Waals surface area (Å²) in [6.07, 6.45) is 0.387. The zero-order valence-corrected chi connectivity index (χ0v) is 8.50. The summed E-state index contributed by atoms with van der Waals surface area (Å²) in [5.41, 5.74) is 4.18. The van der Waals surface area contributed by atoms with Crippen molar-refractivity contribution in [1.82, 2.24) is 0 Å². The molecule has 1 heterocycles. The van der Waals surface area contributed by atoms with Crippen LogP contribution in [0.5, 0.6) is 0 Å². The van der Waals surface area contributed by atoms with Gasteiger partial charge < -0.3 is 4.74 Å². The molecule has 1 aliphatic heterocycles. The van der Waals surface area contributed by atoms with Gasteiger partial charge in [0.2, 0.25) is 0 Å². The van der Waals surface area contributed by atoms with Crippen molar-refractivity contribution in [3.05, 3.63) is 34.9 Å². The van der Waals surface area contributed by atoms with Crippen LogP contribution in [0, 0.1) is 6.92 Å². The van der Waals surface area contributed by atoms with Crippen molar-refractivity contribution < 1.29 is 4.74 Å². The lowest BCUT2D eigenvalue weighted by Crippen LogP contribution is -1.95. The van der Waals surface area contributed by atoms with Gasteiger partial charge in [-0.3, -0.25) is 0 Å². The van der Waals surface area contributed by atoms with Crippen molar-refractivity contribution in [2.24, 2.45) is 0 Å². The van der Waals surface area contributed by atoms with Crippen LogP contribution in [-0.2, 0) is 4.74 Å². The Morgan fingerprint density at radius 3 is 2.62 bits per heavy atom. The van der Waals surface area contributed by atoms with Crippen molar-refractivity contribution in [3.63, 3.8) is 0 Å². The van der Waals surface area contributed by atoms with Crippen LogP contribution in [0.4, 0.5) is 0 Å². The normalized spacial score (nSPS) is 20.8. The average Bonchev–Trinajstić information content (AvgIpc) is 2.87. The molecule has 0 saturated carbocycles. The van der Waals surface area contributed by atoms with Crippen molar-refractivity contribution in [2.45, 2.75) is 32.8 Å². The number of hydrogen-bond acceptors (Lipinski definition) is 1. The fourth-order valence-electron chi connectivity index (χ4n) is 1.72. The van der Waals surface area contributed by atoms with Gasteiger partial charge in [0.25, 0.3) is 0 Å². The van der Waals surface area contributed by atoms with Gasteiger partial charge in [0.15, 0.2) is 0 Å². The fourth-order valence-corrected chi connectivity index (χ4v) is 1.72. The maximum absolute atomic E-state index is 5.33. The lowest BCUT2D eigenvalue weighted by Gasteiger charge is -2.11. The maximum atomic E-state index is 5.33. The predicted octanol–water partition coefficient (Wildman–Crippen LogP) is 3.19. The monoisotopic (exact) mass is 176 g/mol. The summed E-state index contributed by atoms with van der Waals surface area (Å²) in [5, 5.41) is 0. The zero-order chi connectivity index (χ0) is 9.42. The van der Waals surface area contributed by atoms with E-state index in [4.69, 9.17) is 4.74 Å². The largest absolute Gasteiger partial charge is 0.368 e. The molecule has 1 unspecified atom stereocenters. The Bertz CT molecular complexity index is 311. The van der Waals surface area contributed by atoms with Crippen LogP contribution in [0.1, 0.15) is 42.6 Å². The number of ether oxygens (including phenoxy) is 1. The van der Waals surface area contributed by atoms with E-state index in [2.05, 4.69) is 39.0 Å². The smallest absolute Gasteiger partial charge is 0.106 e. The van der Waals surface area contributed by atoms with Crippen LogP contribution >= 0.6 is 0 Å². The van der Waals surface area contributed by atoms with Gasteiger partial charge in [-0.1, -0.05) is 37.6 Å². The summed E-state index contributed by atoms with van der Waals surface area (Å²) in [4.78, 5) is 0. The summed E-state index contributed by atoms with van der Waals surface area (Å²) in [6.45, 7) is 7.52. The third-order valence-electron chi connectivity index (χ3n) is 2.54. The van der Waals surface area contributed by atoms with Crippen molar-refractivity contribution in [3.8, 4) is 0 Å². The van der Waals surface area contributed by atoms with Gasteiger partial charge in [-0.2, -0.15) is 0 Å². The molecule has 0 spiro atoms. The SMILES string of the molecule is Cc1ccc(C2CO2)c(C(C)C)c1. The van der Waals surface area contributed by atoms with Crippen LogP contribution < -0.4 is 0 Å². The van der Waals surface area contributed by atoms with Crippen molar-refractivity contribution in [1.29, 1.82) is 0 Å². The molecule has 1 nitrogen and oxygen atoms in total. The molecule has 1 aliphatic rings. The Balaban J connectivity index is 2.41. The van der Waals surface area contributed by atoms with E-state index in [9.17, 15) is 0 Å². The van der Waals surface area contributed by atoms with Crippen molar-refractivity contribution >= 4 is 0 Å². The number of epoxide rings is 1. The van der Waals surface area contributed by atoms with E-state index < -0.39 is 0 Å². The van der Waals surface area contributed by atoms with Gasteiger partial charge in [0.05, 0.1) is 6.61 Å². The third-order valence-corrected chi connectivity index (χ3v) is 2.54. The van der Waals surface area contributed by atoms with Crippen LogP contribution in [0.25, 0.3) is 0 Å². The Hall–Kier alpha value is -0.820. The lowest BCUT2D eigenvalue weighted by atomic mass is 9.94. The molecule has 1 saturated heterocycles. The Morgan fingerprint density at radius 2 is 2.08 bits per heavy atom. The standard InChI is InChI=1S/C12H16O/c1-8(2)11-6-9(3)4-5-10(11)12-7-13-12/h4-6,8,12H,7H2,1-3H3. The Morgan fingerprint density at radius 1 is 1.38 bits per heavy atom. The molecule has 1 aromatic rings. The second kappa shape index (κ2) is 3.15. The lowest BCUT2D eigenvalue weighted by molar-refractivity contribution is 0.414. The molecule has 1 atom stereocenters. The van der Waals surface area contributed by atoms with Crippen LogP contribution in [0.3, 0.4) is 0 Å². The van der Waals surface area contributed by atoms with E-state index in [0.717, 1.165) is 6.61 Å². The van der Waals surface area contributed by atoms with E-state index in [1.54, 1.807) is 0 Å². The van der Waals surface area contributed by atoms with E-state index in [1.165, 1.54) is 16.7 Å². The highest BCUT2D eigenvalue weighted by atomic mass is 16.6. The molecule has 1 aromatic carbocycles. The highest BCUT2D eigenvalue weighted by molar-refractivity contribution is 5.36. The van der Waals surface area contributed by atoms with E-state index in [0.29, 0.717) is 12.0 Å². The first kappa shape index (κ1) is 8.76. The van der Waals surface area contributed by atoms with E-state index in [1.807, 2.05) is 0 Å². The topological polar surface area (TPSA) is 12.5 Å². The highest BCUT2D eigenvalue weighted by Gasteiger charge is 2.27. The number of benzene rings is 1. The molecular weight excluding hydrogens is 160 g/mol. The molecule has 0 radical (unpaired) electrons. The van der Waals surface area contributed by atoms with Gasteiger partial charge in [-0.05, 0) is 24.0 Å². The fraction of sp³-hybridized carbons (Fsp3) is 0.500. The molecule has 0 aliphatic carbocycles. The summed E-state index contributed by atoms with van der Waals surface area (Å²) in [7, 11) is 0. The van der Waals surface area contributed by atoms with Crippen LogP contribution in [0.15, 0.2) is 18.2 Å². The second-order valence-electron chi connectivity index (χ2n) is 4.11. The summed E-state index contributed by atoms with van der Waals surface area (Å²) in [5.74, 6) is 0.596. The minimum atomic E-state index is 0.387. The van der Waals surface area contributed by atoms with Gasteiger partial charge >= 0.3 is 0 Å². The highest BCUT2D eigenvalue weighted by Crippen LogP contribution is 2.35. The summed E-state index contributed by atoms with van der Waals surface area (Å²) in [6, 6.07) is 6.66. The molecule has 0 aromatic heterocycles. The molecule has 13 heavy (non-hydrogen) atoms. The van der Waals surface area contributed by atoms with Gasteiger partial charge in [-0.15, -0.1) is 0 Å². The molecule has 0 amide bonds. The van der Waals surface area contributed by atoms with Gasteiger partial charge in [-0.25, -0.2) is 0 Å². The maximum Gasteiger partial charge on any atom is 0.106 e. The summed E-state index contributed by atoms with van der Waals surface area (Å²) >= 11 is 0. The van der Waals surface area contributed by atoms with Gasteiger partial charge in [0, 0.05) is 0 Å². The first-order valence-electron chi connectivity index (χ1n) is 4.90. The Kier molecular flexibility index (Phi) is 2.12. The van der Waals surface area contributed by atoms with E-state index in [-0.39, 0.29) is 0 Å². The zero-order valence-electron chi connectivity index (χ0n) is 8.50. The minimum Gasteiger partial charge on any atom is -0.368 e. The molecule has 0 bridgehead atoms. The molecule has 1 fully saturated rings. The number of rotatable bonds is 2. The van der Waals surface area contributed by atoms with Crippen LogP contribution in [0.2, 0.25) is 0 Å². The second-order valence-corrected chi connectivity index (χ2v) is 4.11. The first-order chi connectivity index (χ1) is 6.18. The molecule has 70 valence electrons. The molecule has 2 rings (SSSR count). The van der Waals surface area contributed by atoms with Crippen molar-refractivity contribution in [2.75, 3.05) is 6.61 Å². The quantitative estimate of drug-likeness (QED) is 0.630. The molecule has 1 heteroatoms.